The molecule has 0 aromatic carbocycles. The summed E-state index contributed by atoms with van der Waals surface area (Å²) in [4.78, 5) is 0. The number of hydrogen-bond donors (Lipinski definition) is 0. The molecule has 0 aliphatic heterocycles. The Bertz CT molecular complexity index is 27.9. The first-order valence-electron chi connectivity index (χ1n) is 0.333. The Morgan fingerprint density at radius 3 is 1.20 bits per heavy atom. The van der Waals surface area contributed by atoms with Gasteiger partial charge in [-0.05, 0) is 0 Å². The van der Waals surface area contributed by atoms with Crippen molar-refractivity contribution < 1.29 is 32.0 Å². The van der Waals surface area contributed by atoms with E-state index in [9.17, 15) is 0 Å². The van der Waals surface area contributed by atoms with Crippen LogP contribution in [0.3, 0.4) is 0 Å². The van der Waals surface area contributed by atoms with E-state index < -0.39 is 0 Å². The summed E-state index contributed by atoms with van der Waals surface area (Å²) in [5.74, 6) is 0. The van der Waals surface area contributed by atoms with Gasteiger partial charge in [0.15, 0.2) is 0 Å². The SMILES string of the molecule is [Mn+2].[S-2].[S]=[Mo]=[S]. The Kier molecular flexibility index (Phi) is 52.5. The van der Waals surface area contributed by atoms with Crippen molar-refractivity contribution in [3.05, 3.63) is 0 Å². The van der Waals surface area contributed by atoms with Crippen molar-refractivity contribution in [2.24, 2.45) is 0 Å². The number of hydrogen-bond acceptors (Lipinski definition) is 2. The van der Waals surface area contributed by atoms with Gasteiger partial charge >= 0.3 is 51.6 Å². The van der Waals surface area contributed by atoms with Crippen molar-refractivity contribution in [3.8, 4) is 0 Å². The third-order valence-corrected chi connectivity index (χ3v) is 0. The fraction of sp³-hybridized carbons (Fsp3) is 0. The van der Waals surface area contributed by atoms with Crippen LogP contribution in [-0.4, -0.2) is 0 Å². The summed E-state index contributed by atoms with van der Waals surface area (Å²) in [5, 5.41) is 0. The van der Waals surface area contributed by atoms with Crippen LogP contribution >= 0.6 is 19.6 Å². The standard InChI is InChI=1S/Mn.Mo.3S/q+2;;;;-2. The molecule has 5 heteroatoms. The molecule has 0 aliphatic carbocycles. The van der Waals surface area contributed by atoms with Gasteiger partial charge in [0.05, 0.1) is 0 Å². The van der Waals surface area contributed by atoms with Crippen LogP contribution < -0.4 is 0 Å². The summed E-state index contributed by atoms with van der Waals surface area (Å²) in [6.45, 7) is 0. The molecule has 1 radical (unpaired) electrons. The van der Waals surface area contributed by atoms with E-state index in [1.807, 2.05) is 0 Å². The molecule has 5 heavy (non-hydrogen) atoms. The van der Waals surface area contributed by atoms with Gasteiger partial charge in [-0.25, -0.2) is 0 Å². The summed E-state index contributed by atoms with van der Waals surface area (Å²) in [6.07, 6.45) is 0. The molecule has 0 spiro atoms. The molecular weight excluding hydrogens is 247 g/mol. The first-order valence-corrected chi connectivity index (χ1v) is 5.92. The summed E-state index contributed by atoms with van der Waals surface area (Å²) >= 11 is -0.363. The Morgan fingerprint density at radius 2 is 1.20 bits per heavy atom. The fourth-order valence-corrected chi connectivity index (χ4v) is 0. The van der Waals surface area contributed by atoms with Crippen LogP contribution in [0.1, 0.15) is 0 Å². The van der Waals surface area contributed by atoms with E-state index in [-0.39, 0.29) is 45.5 Å². The van der Waals surface area contributed by atoms with Crippen molar-refractivity contribution >= 4 is 33.1 Å². The zero-order valence-electron chi connectivity index (χ0n) is 2.01. The molecule has 0 unspecified atom stereocenters. The van der Waals surface area contributed by atoms with Gasteiger partial charge in [0.2, 0.25) is 0 Å². The molecule has 0 nitrogen and oxygen atoms in total. The van der Waals surface area contributed by atoms with E-state index in [0.717, 1.165) is 0 Å². The molecule has 0 saturated carbocycles. The third-order valence-electron chi connectivity index (χ3n) is 0. The second-order valence-corrected chi connectivity index (χ2v) is 3.62. The number of rotatable bonds is 0. The predicted molar refractivity (Wildman–Crippen MR) is 22.5 cm³/mol. The molecule has 0 N–H and O–H groups in total. The van der Waals surface area contributed by atoms with E-state index >= 15 is 0 Å². The van der Waals surface area contributed by atoms with E-state index in [0.29, 0.717) is 0 Å². The Morgan fingerprint density at radius 1 is 1.20 bits per heavy atom. The second kappa shape index (κ2) is 16.7. The third kappa shape index (κ3) is 24.0. The Labute approximate surface area is 64.4 Å². The van der Waals surface area contributed by atoms with Gasteiger partial charge in [0.1, 0.15) is 0 Å². The molecule has 0 bridgehead atoms. The van der Waals surface area contributed by atoms with Crippen LogP contribution in [0.4, 0.5) is 0 Å². The average molecular weight is 247 g/mol. The minimum absolute atomic E-state index is 0. The van der Waals surface area contributed by atoms with E-state index in [1.54, 1.807) is 0 Å². The first-order chi connectivity index (χ1) is 1.41. The van der Waals surface area contributed by atoms with E-state index in [4.69, 9.17) is 0 Å². The molecule has 0 fully saturated rings. The van der Waals surface area contributed by atoms with Gasteiger partial charge < -0.3 is 13.5 Å². The maximum absolute atomic E-state index is 4.34. The Hall–Kier alpha value is 2.00. The molecular formula is MnMoS3. The van der Waals surface area contributed by atoms with Gasteiger partial charge in [-0.3, -0.25) is 0 Å². The molecule has 0 rings (SSSR count). The summed E-state index contributed by atoms with van der Waals surface area (Å²) in [5.41, 5.74) is 0. The normalized spacial score (nSPS) is 2.40. The molecule has 0 saturated heterocycles. The molecule has 0 aromatic heterocycles. The van der Waals surface area contributed by atoms with Crippen molar-refractivity contribution in [1.82, 2.24) is 0 Å². The maximum atomic E-state index is 4.34. The van der Waals surface area contributed by atoms with Crippen LogP contribution in [0.2, 0.25) is 0 Å². The van der Waals surface area contributed by atoms with Crippen molar-refractivity contribution in [2.45, 2.75) is 0 Å². The van der Waals surface area contributed by atoms with Crippen LogP contribution in [0, 0.1) is 0 Å². The van der Waals surface area contributed by atoms with Gasteiger partial charge in [0, 0.05) is 0 Å². The van der Waals surface area contributed by atoms with Gasteiger partial charge in [-0.2, -0.15) is 0 Å². The zero-order chi connectivity index (χ0) is 2.71. The van der Waals surface area contributed by atoms with Crippen LogP contribution in [0.25, 0.3) is 0 Å². The first kappa shape index (κ1) is 15.8. The average Bonchev–Trinajstić information content (AvgIpc) is 0.918. The molecule has 31 valence electrons. The van der Waals surface area contributed by atoms with Crippen LogP contribution in [0.5, 0.6) is 0 Å². The summed E-state index contributed by atoms with van der Waals surface area (Å²) < 4.78 is 0. The van der Waals surface area contributed by atoms with Crippen LogP contribution in [-0.2, 0) is 45.5 Å². The molecule has 0 amide bonds. The zero-order valence-corrected chi connectivity index (χ0v) is 7.65. The van der Waals surface area contributed by atoms with Crippen molar-refractivity contribution in [3.63, 3.8) is 0 Å². The summed E-state index contributed by atoms with van der Waals surface area (Å²) in [6, 6.07) is 0. The second-order valence-electron chi connectivity index (χ2n) is 0.0680. The van der Waals surface area contributed by atoms with Gasteiger partial charge in [-0.15, -0.1) is 0 Å². The molecule has 0 heterocycles. The fourth-order valence-electron chi connectivity index (χ4n) is 0. The van der Waals surface area contributed by atoms with Crippen molar-refractivity contribution in [2.75, 3.05) is 0 Å². The monoisotopic (exact) mass is 249 g/mol. The van der Waals surface area contributed by atoms with E-state index in [1.165, 1.54) is 0 Å². The van der Waals surface area contributed by atoms with E-state index in [2.05, 4.69) is 19.6 Å². The minimum atomic E-state index is -0.363. The van der Waals surface area contributed by atoms with Crippen molar-refractivity contribution in [1.29, 1.82) is 0 Å². The molecule has 0 aliphatic rings. The van der Waals surface area contributed by atoms with Crippen LogP contribution in [0.15, 0.2) is 0 Å². The molecule has 0 aromatic rings. The Balaban J connectivity index is -0.0000000200. The molecule has 0 atom stereocenters. The van der Waals surface area contributed by atoms with Gasteiger partial charge in [0.25, 0.3) is 0 Å². The topological polar surface area (TPSA) is 0 Å². The predicted octanol–water partition coefficient (Wildman–Crippen LogP) is 1.29. The van der Waals surface area contributed by atoms with Gasteiger partial charge in [-0.1, -0.05) is 0 Å². The quantitative estimate of drug-likeness (QED) is 0.591. The summed E-state index contributed by atoms with van der Waals surface area (Å²) in [7, 11) is 8.68.